The van der Waals surface area contributed by atoms with Crippen molar-refractivity contribution in [1.29, 1.82) is 0 Å². The molecule has 1 N–H and O–H groups in total. The normalized spacial score (nSPS) is 11.5. The number of furan rings is 1. The molecule has 1 heterocycles. The Morgan fingerprint density at radius 1 is 1.41 bits per heavy atom. The smallest absolute Gasteiger partial charge is 0.240 e. The van der Waals surface area contributed by atoms with Crippen LogP contribution in [0.3, 0.4) is 0 Å². The number of nitrogens with zero attached hydrogens (tertiary/aromatic N) is 1. The summed E-state index contributed by atoms with van der Waals surface area (Å²) in [7, 11) is 0. The van der Waals surface area contributed by atoms with E-state index in [4.69, 9.17) is 4.42 Å². The predicted octanol–water partition coefficient (Wildman–Crippen LogP) is 3.09. The molecule has 0 saturated carbocycles. The van der Waals surface area contributed by atoms with Crippen molar-refractivity contribution >= 4 is 11.6 Å². The Hall–Kier alpha value is -1.58. The zero-order chi connectivity index (χ0) is 12.5. The molecule has 4 nitrogen and oxygen atoms in total. The molecule has 94 valence electrons. The van der Waals surface area contributed by atoms with Crippen LogP contribution in [0, 0.1) is 0 Å². The van der Waals surface area contributed by atoms with Gasteiger partial charge in [0.2, 0.25) is 5.91 Å². The molecule has 0 aliphatic heterocycles. The number of carbonyl (C=O) groups is 1. The maximum atomic E-state index is 11.4. The maximum absolute atomic E-state index is 11.4. The minimum absolute atomic E-state index is 0.0352. The van der Waals surface area contributed by atoms with Crippen LogP contribution in [0.1, 0.15) is 51.7 Å². The second kappa shape index (κ2) is 7.65. The van der Waals surface area contributed by atoms with E-state index in [1.165, 1.54) is 12.8 Å². The van der Waals surface area contributed by atoms with E-state index in [0.717, 1.165) is 12.8 Å². The number of carbonyl (C=O) groups excluding carboxylic acids is 1. The summed E-state index contributed by atoms with van der Waals surface area (Å²) in [6.45, 7) is 3.95. The van der Waals surface area contributed by atoms with Gasteiger partial charge in [-0.25, -0.2) is 5.43 Å². The van der Waals surface area contributed by atoms with Crippen LogP contribution >= 0.6 is 0 Å². The SMILES string of the molecule is CCCCCCC(=O)NN=C(C)c1ccco1. The number of nitrogens with one attached hydrogen (secondary N) is 1. The second-order valence-electron chi connectivity index (χ2n) is 4.02. The summed E-state index contributed by atoms with van der Waals surface area (Å²) in [5.74, 6) is 0.642. The Morgan fingerprint density at radius 3 is 2.88 bits per heavy atom. The summed E-state index contributed by atoms with van der Waals surface area (Å²) in [5, 5.41) is 3.99. The third-order valence-corrected chi connectivity index (χ3v) is 2.48. The van der Waals surface area contributed by atoms with Crippen LogP contribution in [0.5, 0.6) is 0 Å². The highest BCUT2D eigenvalue weighted by Crippen LogP contribution is 2.03. The number of hydrogen-bond donors (Lipinski definition) is 1. The Morgan fingerprint density at radius 2 is 2.24 bits per heavy atom. The van der Waals surface area contributed by atoms with E-state index in [1.807, 2.05) is 6.07 Å². The summed E-state index contributed by atoms with van der Waals surface area (Å²) in [4.78, 5) is 11.4. The zero-order valence-corrected chi connectivity index (χ0v) is 10.5. The third kappa shape index (κ3) is 5.33. The Labute approximate surface area is 102 Å². The molecular formula is C13H20N2O2. The van der Waals surface area contributed by atoms with Gasteiger partial charge < -0.3 is 4.42 Å². The molecule has 0 aliphatic carbocycles. The van der Waals surface area contributed by atoms with E-state index < -0.39 is 0 Å². The monoisotopic (exact) mass is 236 g/mol. The second-order valence-corrected chi connectivity index (χ2v) is 4.02. The van der Waals surface area contributed by atoms with Gasteiger partial charge in [0.15, 0.2) is 0 Å². The Kier molecular flexibility index (Phi) is 6.07. The van der Waals surface area contributed by atoms with Crippen molar-refractivity contribution < 1.29 is 9.21 Å². The summed E-state index contributed by atoms with van der Waals surface area (Å²) in [6, 6.07) is 3.60. The van der Waals surface area contributed by atoms with Gasteiger partial charge in [0.25, 0.3) is 0 Å². The first kappa shape index (κ1) is 13.5. The molecular weight excluding hydrogens is 216 g/mol. The van der Waals surface area contributed by atoms with Crippen molar-refractivity contribution in [2.45, 2.75) is 46.0 Å². The molecule has 1 aromatic rings. The largest absolute Gasteiger partial charge is 0.463 e. The number of hydrazone groups is 1. The lowest BCUT2D eigenvalue weighted by molar-refractivity contribution is -0.121. The quantitative estimate of drug-likeness (QED) is 0.449. The van der Waals surface area contributed by atoms with Gasteiger partial charge >= 0.3 is 0 Å². The summed E-state index contributed by atoms with van der Waals surface area (Å²) < 4.78 is 5.16. The minimum atomic E-state index is -0.0352. The van der Waals surface area contributed by atoms with Crippen molar-refractivity contribution in [2.24, 2.45) is 5.10 Å². The van der Waals surface area contributed by atoms with Gasteiger partial charge in [0.1, 0.15) is 11.5 Å². The van der Waals surface area contributed by atoms with E-state index >= 15 is 0 Å². The molecule has 0 fully saturated rings. The number of rotatable bonds is 7. The molecule has 0 aliphatic rings. The lowest BCUT2D eigenvalue weighted by Gasteiger charge is -2.01. The van der Waals surface area contributed by atoms with Gasteiger partial charge in [-0.1, -0.05) is 26.2 Å². The zero-order valence-electron chi connectivity index (χ0n) is 10.5. The van der Waals surface area contributed by atoms with Crippen LogP contribution in [-0.4, -0.2) is 11.6 Å². The molecule has 0 atom stereocenters. The fraction of sp³-hybridized carbons (Fsp3) is 0.538. The number of unbranched alkanes of at least 4 members (excludes halogenated alkanes) is 3. The van der Waals surface area contributed by atoms with E-state index in [0.29, 0.717) is 17.9 Å². The number of hydrogen-bond acceptors (Lipinski definition) is 3. The highest BCUT2D eigenvalue weighted by molar-refractivity contribution is 5.96. The molecule has 0 bridgehead atoms. The number of amides is 1. The van der Waals surface area contributed by atoms with Crippen molar-refractivity contribution in [3.8, 4) is 0 Å². The van der Waals surface area contributed by atoms with Gasteiger partial charge in [-0.15, -0.1) is 0 Å². The van der Waals surface area contributed by atoms with E-state index in [2.05, 4.69) is 17.5 Å². The lowest BCUT2D eigenvalue weighted by Crippen LogP contribution is -2.18. The molecule has 1 rings (SSSR count). The molecule has 0 radical (unpaired) electrons. The van der Waals surface area contributed by atoms with Crippen LogP contribution in [0.4, 0.5) is 0 Å². The summed E-state index contributed by atoms with van der Waals surface area (Å²) in [5.41, 5.74) is 3.21. The minimum Gasteiger partial charge on any atom is -0.463 e. The Balaban J connectivity index is 2.25. The standard InChI is InChI=1S/C13H20N2O2/c1-3-4-5-6-9-13(16)15-14-11(2)12-8-7-10-17-12/h7-8,10H,3-6,9H2,1-2H3,(H,15,16). The maximum Gasteiger partial charge on any atom is 0.240 e. The third-order valence-electron chi connectivity index (χ3n) is 2.48. The van der Waals surface area contributed by atoms with Gasteiger partial charge in [-0.3, -0.25) is 4.79 Å². The molecule has 1 aromatic heterocycles. The van der Waals surface area contributed by atoms with Gasteiger partial charge in [-0.2, -0.15) is 5.10 Å². The van der Waals surface area contributed by atoms with E-state index in [-0.39, 0.29) is 5.91 Å². The first-order valence-electron chi connectivity index (χ1n) is 6.11. The van der Waals surface area contributed by atoms with Crippen molar-refractivity contribution in [1.82, 2.24) is 5.43 Å². The van der Waals surface area contributed by atoms with Crippen molar-refractivity contribution in [3.05, 3.63) is 24.2 Å². The van der Waals surface area contributed by atoms with Crippen molar-refractivity contribution in [3.63, 3.8) is 0 Å². The van der Waals surface area contributed by atoms with Gasteiger partial charge in [0, 0.05) is 6.42 Å². The van der Waals surface area contributed by atoms with Crippen LogP contribution in [0.2, 0.25) is 0 Å². The van der Waals surface area contributed by atoms with E-state index in [1.54, 1.807) is 19.3 Å². The lowest BCUT2D eigenvalue weighted by atomic mass is 10.1. The molecule has 0 aromatic carbocycles. The summed E-state index contributed by atoms with van der Waals surface area (Å²) in [6.07, 6.45) is 6.51. The molecule has 17 heavy (non-hydrogen) atoms. The van der Waals surface area contributed by atoms with Gasteiger partial charge in [-0.05, 0) is 25.5 Å². The van der Waals surface area contributed by atoms with Gasteiger partial charge in [0.05, 0.1) is 6.26 Å². The topological polar surface area (TPSA) is 54.6 Å². The van der Waals surface area contributed by atoms with Crippen LogP contribution in [0.15, 0.2) is 27.9 Å². The predicted molar refractivity (Wildman–Crippen MR) is 67.8 cm³/mol. The fourth-order valence-corrected chi connectivity index (χ4v) is 1.45. The molecule has 4 heteroatoms. The first-order valence-corrected chi connectivity index (χ1v) is 6.11. The summed E-state index contributed by atoms with van der Waals surface area (Å²) >= 11 is 0. The molecule has 0 saturated heterocycles. The fourth-order valence-electron chi connectivity index (χ4n) is 1.45. The van der Waals surface area contributed by atoms with E-state index in [9.17, 15) is 4.79 Å². The highest BCUT2D eigenvalue weighted by atomic mass is 16.3. The average molecular weight is 236 g/mol. The molecule has 0 spiro atoms. The van der Waals surface area contributed by atoms with Crippen LogP contribution in [-0.2, 0) is 4.79 Å². The molecule has 0 unspecified atom stereocenters. The Bertz CT molecular complexity index is 356. The molecule has 1 amide bonds. The highest BCUT2D eigenvalue weighted by Gasteiger charge is 2.02. The van der Waals surface area contributed by atoms with Crippen LogP contribution < -0.4 is 5.43 Å². The van der Waals surface area contributed by atoms with Crippen molar-refractivity contribution in [2.75, 3.05) is 0 Å². The first-order chi connectivity index (χ1) is 8.24. The average Bonchev–Trinajstić information content (AvgIpc) is 2.85. The van der Waals surface area contributed by atoms with Crippen LogP contribution in [0.25, 0.3) is 0 Å².